The van der Waals surface area contributed by atoms with E-state index in [0.717, 1.165) is 37.6 Å². The molecule has 0 amide bonds. The van der Waals surface area contributed by atoms with Crippen LogP contribution in [-0.4, -0.2) is 9.97 Å². The zero-order valence-corrected chi connectivity index (χ0v) is 11.1. The number of rotatable bonds is 2. The van der Waals surface area contributed by atoms with Crippen LogP contribution < -0.4 is 5.73 Å². The van der Waals surface area contributed by atoms with E-state index in [1.165, 1.54) is 12.3 Å². The molecule has 2 aromatic rings. The molecule has 2 aromatic heterocycles. The Hall–Kier alpha value is -1.82. The maximum atomic E-state index is 13.3. The molecular weight excluding hydrogens is 264 g/mol. The molecule has 0 bridgehead atoms. The van der Waals surface area contributed by atoms with Crippen molar-refractivity contribution in [3.63, 3.8) is 0 Å². The van der Waals surface area contributed by atoms with E-state index in [0.29, 0.717) is 11.5 Å². The third-order valence-corrected chi connectivity index (χ3v) is 3.45. The second kappa shape index (κ2) is 4.63. The van der Waals surface area contributed by atoms with Crippen molar-refractivity contribution >= 4 is 0 Å². The Labute approximate surface area is 115 Å². The Bertz CT molecular complexity index is 634. The van der Waals surface area contributed by atoms with Crippen molar-refractivity contribution in [2.45, 2.75) is 38.2 Å². The number of hydrogen-bond acceptors (Lipinski definition) is 4. The lowest BCUT2D eigenvalue weighted by molar-refractivity contribution is 0.0128. The van der Waals surface area contributed by atoms with Crippen LogP contribution in [0.2, 0.25) is 0 Å². The standard InChI is InChI=1S/C14H15F2N3O/c1-14(15,16)11-7-8(5-6-18-11)13-19-12-9(17)3-2-4-10(12)20-13/h5-7,9H,2-4,17H2,1H3/t9-/m1/s1. The third kappa shape index (κ3) is 2.31. The Morgan fingerprint density at radius 3 is 2.95 bits per heavy atom. The van der Waals surface area contributed by atoms with Gasteiger partial charge in [0.05, 0.1) is 11.7 Å². The molecule has 0 saturated carbocycles. The summed E-state index contributed by atoms with van der Waals surface area (Å²) < 4.78 is 32.3. The minimum Gasteiger partial charge on any atom is -0.441 e. The van der Waals surface area contributed by atoms with Gasteiger partial charge >= 0.3 is 0 Å². The Morgan fingerprint density at radius 2 is 2.25 bits per heavy atom. The van der Waals surface area contributed by atoms with Gasteiger partial charge in [0, 0.05) is 25.1 Å². The predicted molar refractivity (Wildman–Crippen MR) is 69.2 cm³/mol. The first-order valence-electron chi connectivity index (χ1n) is 6.55. The SMILES string of the molecule is CC(F)(F)c1cc(-c2nc3c(o2)CCC[C@H]3N)ccn1. The molecular formula is C14H15F2N3O. The molecule has 6 heteroatoms. The zero-order chi connectivity index (χ0) is 14.3. The van der Waals surface area contributed by atoms with Gasteiger partial charge < -0.3 is 10.2 Å². The Morgan fingerprint density at radius 1 is 1.45 bits per heavy atom. The summed E-state index contributed by atoms with van der Waals surface area (Å²) in [7, 11) is 0. The van der Waals surface area contributed by atoms with Gasteiger partial charge in [0.15, 0.2) is 0 Å². The van der Waals surface area contributed by atoms with E-state index in [2.05, 4.69) is 9.97 Å². The molecule has 0 radical (unpaired) electrons. The number of pyridine rings is 1. The molecule has 1 aliphatic carbocycles. The van der Waals surface area contributed by atoms with Crippen molar-refractivity contribution in [3.05, 3.63) is 35.5 Å². The summed E-state index contributed by atoms with van der Waals surface area (Å²) in [4.78, 5) is 8.05. The second-order valence-electron chi connectivity index (χ2n) is 5.14. The number of nitrogens with zero attached hydrogens (tertiary/aromatic N) is 2. The first kappa shape index (κ1) is 13.2. The summed E-state index contributed by atoms with van der Waals surface area (Å²) in [6.45, 7) is 0.815. The van der Waals surface area contributed by atoms with Crippen LogP contribution >= 0.6 is 0 Å². The van der Waals surface area contributed by atoms with E-state index < -0.39 is 5.92 Å². The first-order chi connectivity index (χ1) is 9.45. The molecule has 0 unspecified atom stereocenters. The highest BCUT2D eigenvalue weighted by Gasteiger charge is 2.28. The highest BCUT2D eigenvalue weighted by Crippen LogP contribution is 2.33. The molecule has 20 heavy (non-hydrogen) atoms. The lowest BCUT2D eigenvalue weighted by atomic mass is 9.98. The fourth-order valence-electron chi connectivity index (χ4n) is 2.38. The average Bonchev–Trinajstić information content (AvgIpc) is 2.83. The molecule has 2 heterocycles. The normalized spacial score (nSPS) is 18.9. The van der Waals surface area contributed by atoms with Crippen LogP contribution in [0.15, 0.2) is 22.7 Å². The highest BCUT2D eigenvalue weighted by atomic mass is 19.3. The molecule has 1 atom stereocenters. The van der Waals surface area contributed by atoms with Gasteiger partial charge in [0.2, 0.25) is 5.89 Å². The molecule has 2 N–H and O–H groups in total. The van der Waals surface area contributed by atoms with Crippen molar-refractivity contribution in [2.24, 2.45) is 5.73 Å². The van der Waals surface area contributed by atoms with Crippen molar-refractivity contribution in [2.75, 3.05) is 0 Å². The van der Waals surface area contributed by atoms with Gasteiger partial charge in [0.1, 0.15) is 11.5 Å². The van der Waals surface area contributed by atoms with Gasteiger partial charge in [0.25, 0.3) is 5.92 Å². The predicted octanol–water partition coefficient (Wildman–Crippen LogP) is 3.18. The van der Waals surface area contributed by atoms with Gasteiger partial charge in [-0.05, 0) is 25.0 Å². The number of hydrogen-bond donors (Lipinski definition) is 1. The third-order valence-electron chi connectivity index (χ3n) is 3.45. The van der Waals surface area contributed by atoms with E-state index >= 15 is 0 Å². The summed E-state index contributed by atoms with van der Waals surface area (Å²) >= 11 is 0. The fraction of sp³-hybridized carbons (Fsp3) is 0.429. The molecule has 106 valence electrons. The van der Waals surface area contributed by atoms with Crippen LogP contribution in [0.4, 0.5) is 8.78 Å². The van der Waals surface area contributed by atoms with Gasteiger partial charge in [-0.2, -0.15) is 8.78 Å². The maximum absolute atomic E-state index is 13.3. The molecule has 0 spiro atoms. The van der Waals surface area contributed by atoms with E-state index in [1.54, 1.807) is 6.07 Å². The van der Waals surface area contributed by atoms with Crippen LogP contribution in [0.1, 0.15) is 43.0 Å². The van der Waals surface area contributed by atoms with E-state index in [1.807, 2.05) is 0 Å². The van der Waals surface area contributed by atoms with Gasteiger partial charge in [-0.1, -0.05) is 0 Å². The molecule has 0 aliphatic heterocycles. The number of fused-ring (bicyclic) bond motifs is 1. The lowest BCUT2D eigenvalue weighted by Gasteiger charge is -2.14. The first-order valence-corrected chi connectivity index (χ1v) is 6.55. The van der Waals surface area contributed by atoms with Crippen LogP contribution in [0, 0.1) is 0 Å². The van der Waals surface area contributed by atoms with E-state index in [-0.39, 0.29) is 11.7 Å². The van der Waals surface area contributed by atoms with Gasteiger partial charge in [-0.3, -0.25) is 4.98 Å². The Balaban J connectivity index is 2.02. The number of nitrogens with two attached hydrogens (primary N) is 1. The molecule has 0 saturated heterocycles. The van der Waals surface area contributed by atoms with Crippen molar-refractivity contribution < 1.29 is 13.2 Å². The summed E-state index contributed by atoms with van der Waals surface area (Å²) in [5.74, 6) is -1.89. The second-order valence-corrected chi connectivity index (χ2v) is 5.14. The molecule has 0 fully saturated rings. The zero-order valence-electron chi connectivity index (χ0n) is 11.1. The molecule has 1 aliphatic rings. The van der Waals surface area contributed by atoms with Crippen LogP contribution in [0.5, 0.6) is 0 Å². The van der Waals surface area contributed by atoms with Crippen molar-refractivity contribution in [3.8, 4) is 11.5 Å². The number of oxazole rings is 1. The topological polar surface area (TPSA) is 64.9 Å². The van der Waals surface area contributed by atoms with Crippen LogP contribution in [0.3, 0.4) is 0 Å². The van der Waals surface area contributed by atoms with Gasteiger partial charge in [-0.25, -0.2) is 4.98 Å². The fourth-order valence-corrected chi connectivity index (χ4v) is 2.38. The summed E-state index contributed by atoms with van der Waals surface area (Å²) in [6, 6.07) is 2.78. The summed E-state index contributed by atoms with van der Waals surface area (Å²) in [6.07, 6.45) is 3.95. The van der Waals surface area contributed by atoms with Crippen molar-refractivity contribution in [1.29, 1.82) is 0 Å². The number of halogens is 2. The maximum Gasteiger partial charge on any atom is 0.286 e. The number of alkyl halides is 2. The molecule has 4 nitrogen and oxygen atoms in total. The van der Waals surface area contributed by atoms with E-state index in [4.69, 9.17) is 10.2 Å². The minimum atomic E-state index is -2.99. The molecule has 0 aromatic carbocycles. The quantitative estimate of drug-likeness (QED) is 0.917. The average molecular weight is 279 g/mol. The smallest absolute Gasteiger partial charge is 0.286 e. The lowest BCUT2D eigenvalue weighted by Crippen LogP contribution is -2.16. The van der Waals surface area contributed by atoms with Crippen LogP contribution in [-0.2, 0) is 12.3 Å². The van der Waals surface area contributed by atoms with Gasteiger partial charge in [-0.15, -0.1) is 0 Å². The summed E-state index contributed by atoms with van der Waals surface area (Å²) in [5.41, 5.74) is 6.93. The van der Waals surface area contributed by atoms with E-state index in [9.17, 15) is 8.78 Å². The largest absolute Gasteiger partial charge is 0.441 e. The molecule has 3 rings (SSSR count). The number of aromatic nitrogens is 2. The summed E-state index contributed by atoms with van der Waals surface area (Å²) in [5, 5.41) is 0. The monoisotopic (exact) mass is 279 g/mol. The highest BCUT2D eigenvalue weighted by molar-refractivity contribution is 5.54. The van der Waals surface area contributed by atoms with Crippen molar-refractivity contribution in [1.82, 2.24) is 9.97 Å². The Kier molecular flexibility index (Phi) is 3.05. The minimum absolute atomic E-state index is 0.134. The number of aryl methyl sites for hydroxylation is 1. The van der Waals surface area contributed by atoms with Crippen LogP contribution in [0.25, 0.3) is 11.5 Å².